The van der Waals surface area contributed by atoms with Crippen LogP contribution in [0.15, 0.2) is 70.5 Å². The first-order chi connectivity index (χ1) is 14.7. The summed E-state index contributed by atoms with van der Waals surface area (Å²) in [6, 6.07) is 18.4. The molecule has 1 amide bonds. The molecule has 3 heterocycles. The van der Waals surface area contributed by atoms with E-state index in [-0.39, 0.29) is 5.91 Å². The summed E-state index contributed by atoms with van der Waals surface area (Å²) in [6.07, 6.45) is 0. The minimum Gasteiger partial charge on any atom is -0.332 e. The van der Waals surface area contributed by atoms with Gasteiger partial charge in [-0.3, -0.25) is 4.79 Å². The topological polar surface area (TPSA) is 51.0 Å². The molecule has 0 aliphatic heterocycles. The number of carbonyl (C=O) groups excluding carboxylic acids is 1. The van der Waals surface area contributed by atoms with Gasteiger partial charge in [0.05, 0.1) is 25.4 Å². The van der Waals surface area contributed by atoms with Crippen LogP contribution in [0, 0.1) is 6.92 Å². The van der Waals surface area contributed by atoms with Crippen molar-refractivity contribution in [1.29, 1.82) is 0 Å². The number of amides is 1. The van der Waals surface area contributed by atoms with Crippen molar-refractivity contribution in [2.45, 2.75) is 31.7 Å². The van der Waals surface area contributed by atoms with E-state index in [9.17, 15) is 4.79 Å². The van der Waals surface area contributed by atoms with Gasteiger partial charge in [-0.1, -0.05) is 54.2 Å². The molecule has 0 saturated carbocycles. The number of hydrogen-bond donors (Lipinski definition) is 0. The number of hydrogen-bond acceptors (Lipinski definition) is 6. The van der Waals surface area contributed by atoms with Gasteiger partial charge < -0.3 is 9.47 Å². The highest BCUT2D eigenvalue weighted by atomic mass is 32.2. The van der Waals surface area contributed by atoms with E-state index in [1.54, 1.807) is 22.7 Å². The SMILES string of the molecule is Cc1nnc(SCC(=O)N(Cc2cccs2)Cc2cccs2)n1Cc1ccccc1. The third kappa shape index (κ3) is 5.38. The zero-order valence-electron chi connectivity index (χ0n) is 16.6. The number of benzene rings is 1. The molecule has 0 N–H and O–H groups in total. The predicted molar refractivity (Wildman–Crippen MR) is 124 cm³/mol. The van der Waals surface area contributed by atoms with Crippen LogP contribution in [0.4, 0.5) is 0 Å². The summed E-state index contributed by atoms with van der Waals surface area (Å²) < 4.78 is 2.07. The average Bonchev–Trinajstić information content (AvgIpc) is 3.52. The number of aryl methyl sites for hydroxylation is 1. The quantitative estimate of drug-likeness (QED) is 0.331. The van der Waals surface area contributed by atoms with Gasteiger partial charge in [-0.2, -0.15) is 0 Å². The molecule has 0 saturated heterocycles. The summed E-state index contributed by atoms with van der Waals surface area (Å²) >= 11 is 4.81. The Bertz CT molecular complexity index is 1020. The smallest absolute Gasteiger partial charge is 0.233 e. The largest absolute Gasteiger partial charge is 0.332 e. The number of rotatable bonds is 9. The first-order valence-corrected chi connectivity index (χ1v) is 12.3. The molecule has 154 valence electrons. The zero-order chi connectivity index (χ0) is 20.8. The molecule has 1 aromatic carbocycles. The van der Waals surface area contributed by atoms with Crippen molar-refractivity contribution in [3.8, 4) is 0 Å². The Morgan fingerprint density at radius 1 is 0.967 bits per heavy atom. The van der Waals surface area contributed by atoms with Crippen molar-refractivity contribution in [2.24, 2.45) is 0 Å². The highest BCUT2D eigenvalue weighted by Crippen LogP contribution is 2.22. The second-order valence-electron chi connectivity index (χ2n) is 6.80. The Labute approximate surface area is 188 Å². The van der Waals surface area contributed by atoms with Crippen LogP contribution in [-0.4, -0.2) is 31.3 Å². The predicted octanol–water partition coefficient (Wildman–Crippen LogP) is 5.08. The molecular weight excluding hydrogens is 432 g/mol. The Kier molecular flexibility index (Phi) is 6.99. The summed E-state index contributed by atoms with van der Waals surface area (Å²) in [5, 5.41) is 13.4. The average molecular weight is 455 g/mol. The maximum absolute atomic E-state index is 13.1. The van der Waals surface area contributed by atoms with Crippen molar-refractivity contribution in [3.63, 3.8) is 0 Å². The van der Waals surface area contributed by atoms with E-state index in [2.05, 4.69) is 39.0 Å². The highest BCUT2D eigenvalue weighted by molar-refractivity contribution is 7.99. The molecule has 4 aromatic rings. The molecule has 0 bridgehead atoms. The van der Waals surface area contributed by atoms with E-state index in [1.165, 1.54) is 27.1 Å². The van der Waals surface area contributed by atoms with E-state index in [1.807, 2.05) is 52.9 Å². The fourth-order valence-electron chi connectivity index (χ4n) is 3.05. The second-order valence-corrected chi connectivity index (χ2v) is 9.81. The van der Waals surface area contributed by atoms with Crippen molar-refractivity contribution < 1.29 is 4.79 Å². The van der Waals surface area contributed by atoms with Gasteiger partial charge in [0.25, 0.3) is 0 Å². The van der Waals surface area contributed by atoms with Crippen molar-refractivity contribution in [1.82, 2.24) is 19.7 Å². The maximum Gasteiger partial charge on any atom is 0.233 e. The van der Waals surface area contributed by atoms with E-state index in [0.717, 1.165) is 11.0 Å². The Morgan fingerprint density at radius 3 is 2.23 bits per heavy atom. The third-order valence-corrected chi connectivity index (χ3v) is 7.29. The summed E-state index contributed by atoms with van der Waals surface area (Å²) in [4.78, 5) is 17.4. The molecule has 3 aromatic heterocycles. The van der Waals surface area contributed by atoms with Crippen LogP contribution in [0.3, 0.4) is 0 Å². The normalized spacial score (nSPS) is 11.0. The van der Waals surface area contributed by atoms with Gasteiger partial charge in [0.2, 0.25) is 5.91 Å². The highest BCUT2D eigenvalue weighted by Gasteiger charge is 2.18. The fraction of sp³-hybridized carbons (Fsp3) is 0.227. The van der Waals surface area contributed by atoms with Gasteiger partial charge in [-0.15, -0.1) is 32.9 Å². The lowest BCUT2D eigenvalue weighted by molar-refractivity contribution is -0.129. The van der Waals surface area contributed by atoms with Crippen LogP contribution < -0.4 is 0 Å². The lowest BCUT2D eigenvalue weighted by atomic mass is 10.2. The minimum atomic E-state index is 0.105. The van der Waals surface area contributed by atoms with Crippen molar-refractivity contribution in [3.05, 3.63) is 86.5 Å². The third-order valence-electron chi connectivity index (χ3n) is 4.62. The maximum atomic E-state index is 13.1. The zero-order valence-corrected chi connectivity index (χ0v) is 19.1. The van der Waals surface area contributed by atoms with Gasteiger partial charge in [0.15, 0.2) is 5.16 Å². The lowest BCUT2D eigenvalue weighted by Crippen LogP contribution is -2.31. The van der Waals surface area contributed by atoms with Crippen molar-refractivity contribution >= 4 is 40.3 Å². The minimum absolute atomic E-state index is 0.105. The van der Waals surface area contributed by atoms with Gasteiger partial charge >= 0.3 is 0 Å². The van der Waals surface area contributed by atoms with Gasteiger partial charge in [-0.25, -0.2) is 0 Å². The fourth-order valence-corrected chi connectivity index (χ4v) is 5.37. The molecule has 8 heteroatoms. The van der Waals surface area contributed by atoms with Crippen LogP contribution in [0.1, 0.15) is 21.1 Å². The summed E-state index contributed by atoms with van der Waals surface area (Å²) in [5.74, 6) is 1.29. The molecule has 0 unspecified atom stereocenters. The molecule has 0 aliphatic carbocycles. The Morgan fingerprint density at radius 2 is 1.63 bits per heavy atom. The number of thioether (sulfide) groups is 1. The van der Waals surface area contributed by atoms with E-state index in [0.29, 0.717) is 25.4 Å². The molecule has 4 rings (SSSR count). The van der Waals surface area contributed by atoms with E-state index >= 15 is 0 Å². The van der Waals surface area contributed by atoms with Crippen LogP contribution in [0.2, 0.25) is 0 Å². The second kappa shape index (κ2) is 10.1. The first-order valence-electron chi connectivity index (χ1n) is 9.58. The van der Waals surface area contributed by atoms with Crippen LogP contribution >= 0.6 is 34.4 Å². The first kappa shape index (κ1) is 20.8. The number of nitrogens with zero attached hydrogens (tertiary/aromatic N) is 4. The summed E-state index contributed by atoms with van der Waals surface area (Å²) in [6.45, 7) is 3.90. The summed E-state index contributed by atoms with van der Waals surface area (Å²) in [7, 11) is 0. The molecule has 30 heavy (non-hydrogen) atoms. The molecule has 0 fully saturated rings. The van der Waals surface area contributed by atoms with Crippen LogP contribution in [-0.2, 0) is 24.4 Å². The molecule has 0 aliphatic rings. The number of thiophene rings is 2. The molecule has 5 nitrogen and oxygen atoms in total. The van der Waals surface area contributed by atoms with E-state index < -0.39 is 0 Å². The molecular formula is C22H22N4OS3. The summed E-state index contributed by atoms with van der Waals surface area (Å²) in [5.41, 5.74) is 1.19. The number of carbonyl (C=O) groups is 1. The van der Waals surface area contributed by atoms with Gasteiger partial charge in [0.1, 0.15) is 5.82 Å². The Hall–Kier alpha value is -2.42. The monoisotopic (exact) mass is 454 g/mol. The number of aromatic nitrogens is 3. The van der Waals surface area contributed by atoms with Gasteiger partial charge in [-0.05, 0) is 35.4 Å². The van der Waals surface area contributed by atoms with Crippen LogP contribution in [0.25, 0.3) is 0 Å². The van der Waals surface area contributed by atoms with Crippen molar-refractivity contribution in [2.75, 3.05) is 5.75 Å². The lowest BCUT2D eigenvalue weighted by Gasteiger charge is -2.21. The Balaban J connectivity index is 1.44. The molecule has 0 atom stereocenters. The molecule has 0 radical (unpaired) electrons. The van der Waals surface area contributed by atoms with E-state index in [4.69, 9.17) is 0 Å². The standard InChI is InChI=1S/C22H22N4OS3/c1-17-23-24-22(26(17)13-18-7-3-2-4-8-18)30-16-21(27)25(14-19-9-5-11-28-19)15-20-10-6-12-29-20/h2-12H,13-16H2,1H3. The molecule has 0 spiro atoms. The van der Waals surface area contributed by atoms with Crippen LogP contribution in [0.5, 0.6) is 0 Å². The van der Waals surface area contributed by atoms with Gasteiger partial charge in [0, 0.05) is 9.75 Å².